The fourth-order valence-electron chi connectivity index (χ4n) is 2.33. The maximum absolute atomic E-state index is 13.4. The van der Waals surface area contributed by atoms with Gasteiger partial charge < -0.3 is 10.0 Å². The van der Waals surface area contributed by atoms with E-state index in [4.69, 9.17) is 0 Å². The van der Waals surface area contributed by atoms with Gasteiger partial charge in [-0.1, -0.05) is 0 Å². The molecule has 1 aliphatic rings. The highest BCUT2D eigenvalue weighted by molar-refractivity contribution is 5.93. The van der Waals surface area contributed by atoms with E-state index in [-0.39, 0.29) is 31.2 Å². The Morgan fingerprint density at radius 2 is 1.95 bits per heavy atom. The molecule has 104 valence electrons. The minimum Gasteiger partial charge on any atom is -0.394 e. The highest BCUT2D eigenvalue weighted by atomic mass is 19.1. The first kappa shape index (κ1) is 13.9. The Balaban J connectivity index is 2.32. The Morgan fingerprint density at radius 1 is 1.32 bits per heavy atom. The molecule has 2 atom stereocenters. The molecule has 0 spiro atoms. The maximum atomic E-state index is 13.4. The molecule has 0 aliphatic carbocycles. The van der Waals surface area contributed by atoms with Crippen molar-refractivity contribution in [3.8, 4) is 0 Å². The van der Waals surface area contributed by atoms with E-state index in [0.29, 0.717) is 11.4 Å². The van der Waals surface area contributed by atoms with Crippen LogP contribution in [-0.4, -0.2) is 51.2 Å². The first-order chi connectivity index (χ1) is 8.93. The van der Waals surface area contributed by atoms with Gasteiger partial charge in [-0.15, -0.1) is 0 Å². The second-order valence-corrected chi connectivity index (χ2v) is 4.96. The topological polar surface area (TPSA) is 66.3 Å². The van der Waals surface area contributed by atoms with Gasteiger partial charge in [-0.2, -0.15) is 0 Å². The van der Waals surface area contributed by atoms with Crippen LogP contribution < -0.4 is 0 Å². The fraction of sp³-hybridized carbons (Fsp3) is 0.615. The van der Waals surface area contributed by atoms with Crippen molar-refractivity contribution in [3.63, 3.8) is 0 Å². The van der Waals surface area contributed by atoms with Crippen LogP contribution in [0.15, 0.2) is 0 Å². The van der Waals surface area contributed by atoms with Crippen LogP contribution >= 0.6 is 0 Å². The standard InChI is InChI=1S/C13H18FN3O2/c1-7-8(2)16-12(9(3)15-7)13(19)17-5-10(14)4-11(17)6-18/h10-11,18H,4-6H2,1-3H3/t10-,11-/m0/s1. The number of likely N-dealkylation sites (tertiary alicyclic amines) is 1. The molecule has 2 heterocycles. The van der Waals surface area contributed by atoms with Crippen molar-refractivity contribution in [1.29, 1.82) is 0 Å². The zero-order valence-electron chi connectivity index (χ0n) is 11.4. The number of alkyl halides is 1. The van der Waals surface area contributed by atoms with Crippen molar-refractivity contribution in [1.82, 2.24) is 14.9 Å². The minimum absolute atomic E-state index is 0.0120. The molecule has 1 aromatic heterocycles. The summed E-state index contributed by atoms with van der Waals surface area (Å²) in [4.78, 5) is 22.3. The molecule has 0 aromatic carbocycles. The molecule has 6 heteroatoms. The lowest BCUT2D eigenvalue weighted by molar-refractivity contribution is 0.0665. The van der Waals surface area contributed by atoms with E-state index in [2.05, 4.69) is 9.97 Å². The molecule has 1 saturated heterocycles. The average molecular weight is 267 g/mol. The van der Waals surface area contributed by atoms with E-state index in [1.165, 1.54) is 4.90 Å². The lowest BCUT2D eigenvalue weighted by Crippen LogP contribution is -2.39. The van der Waals surface area contributed by atoms with Crippen molar-refractivity contribution < 1.29 is 14.3 Å². The van der Waals surface area contributed by atoms with Crippen molar-refractivity contribution >= 4 is 5.91 Å². The summed E-state index contributed by atoms with van der Waals surface area (Å²) >= 11 is 0. The monoisotopic (exact) mass is 267 g/mol. The van der Waals surface area contributed by atoms with Crippen molar-refractivity contribution in [3.05, 3.63) is 22.8 Å². The Hall–Kier alpha value is -1.56. The molecule has 1 fully saturated rings. The third-order valence-electron chi connectivity index (χ3n) is 3.52. The molecular formula is C13H18FN3O2. The number of aryl methyl sites for hydroxylation is 3. The van der Waals surface area contributed by atoms with Gasteiger partial charge in [-0.25, -0.2) is 9.37 Å². The Bertz CT molecular complexity index is 507. The highest BCUT2D eigenvalue weighted by Crippen LogP contribution is 2.22. The van der Waals surface area contributed by atoms with Crippen LogP contribution in [0.1, 0.15) is 34.0 Å². The van der Waals surface area contributed by atoms with Crippen molar-refractivity contribution in [2.75, 3.05) is 13.2 Å². The van der Waals surface area contributed by atoms with Crippen molar-refractivity contribution in [2.45, 2.75) is 39.4 Å². The van der Waals surface area contributed by atoms with Gasteiger partial charge in [0, 0.05) is 6.42 Å². The fourth-order valence-corrected chi connectivity index (χ4v) is 2.33. The molecule has 0 saturated carbocycles. The molecule has 1 aromatic rings. The number of aromatic nitrogens is 2. The van der Waals surface area contributed by atoms with E-state index < -0.39 is 12.2 Å². The van der Waals surface area contributed by atoms with Crippen LogP contribution in [0.25, 0.3) is 0 Å². The second-order valence-electron chi connectivity index (χ2n) is 4.96. The minimum atomic E-state index is -1.08. The van der Waals surface area contributed by atoms with Crippen LogP contribution in [0.2, 0.25) is 0 Å². The van der Waals surface area contributed by atoms with Gasteiger partial charge in [0.15, 0.2) is 0 Å². The first-order valence-corrected chi connectivity index (χ1v) is 6.31. The summed E-state index contributed by atoms with van der Waals surface area (Å²) in [7, 11) is 0. The molecule has 0 radical (unpaired) electrons. The number of hydrogen-bond acceptors (Lipinski definition) is 4. The molecule has 19 heavy (non-hydrogen) atoms. The molecular weight excluding hydrogens is 249 g/mol. The number of amides is 1. The molecule has 2 rings (SSSR count). The summed E-state index contributed by atoms with van der Waals surface area (Å²) in [5.74, 6) is -0.354. The smallest absolute Gasteiger partial charge is 0.274 e. The maximum Gasteiger partial charge on any atom is 0.274 e. The lowest BCUT2D eigenvalue weighted by Gasteiger charge is -2.22. The lowest BCUT2D eigenvalue weighted by atomic mass is 10.2. The van der Waals surface area contributed by atoms with Gasteiger partial charge in [0.25, 0.3) is 5.91 Å². The summed E-state index contributed by atoms with van der Waals surface area (Å²) in [5, 5.41) is 9.22. The zero-order chi connectivity index (χ0) is 14.2. The van der Waals surface area contributed by atoms with Gasteiger partial charge in [-0.3, -0.25) is 9.78 Å². The number of aliphatic hydroxyl groups excluding tert-OH is 1. The summed E-state index contributed by atoms with van der Waals surface area (Å²) in [6.45, 7) is 5.10. The van der Waals surface area contributed by atoms with Crippen molar-refractivity contribution in [2.24, 2.45) is 0 Å². The predicted molar refractivity (Wildman–Crippen MR) is 67.7 cm³/mol. The van der Waals surface area contributed by atoms with Gasteiger partial charge >= 0.3 is 0 Å². The van der Waals surface area contributed by atoms with Crippen LogP contribution in [-0.2, 0) is 0 Å². The quantitative estimate of drug-likeness (QED) is 0.866. The molecule has 1 amide bonds. The number of rotatable bonds is 2. The predicted octanol–water partition coefficient (Wildman–Crippen LogP) is 0.947. The van der Waals surface area contributed by atoms with E-state index in [1.807, 2.05) is 6.92 Å². The van der Waals surface area contributed by atoms with E-state index in [0.717, 1.165) is 5.69 Å². The first-order valence-electron chi connectivity index (χ1n) is 6.31. The van der Waals surface area contributed by atoms with Gasteiger partial charge in [0.05, 0.1) is 36.3 Å². The molecule has 1 N–H and O–H groups in total. The summed E-state index contributed by atoms with van der Waals surface area (Å²) in [6.07, 6.45) is -0.902. The van der Waals surface area contributed by atoms with Gasteiger partial charge in [0.2, 0.25) is 0 Å². The Labute approximate surface area is 111 Å². The SMILES string of the molecule is Cc1nc(C)c(C(=O)N2C[C@@H](F)C[C@H]2CO)nc1C. The normalized spacial score (nSPS) is 22.9. The summed E-state index contributed by atoms with van der Waals surface area (Å²) in [5.41, 5.74) is 2.24. The molecule has 5 nitrogen and oxygen atoms in total. The number of hydrogen-bond donors (Lipinski definition) is 1. The number of aliphatic hydroxyl groups is 1. The van der Waals surface area contributed by atoms with Gasteiger partial charge in [-0.05, 0) is 20.8 Å². The zero-order valence-corrected chi connectivity index (χ0v) is 11.4. The number of nitrogens with zero attached hydrogens (tertiary/aromatic N) is 3. The number of halogens is 1. The second kappa shape index (κ2) is 5.21. The summed E-state index contributed by atoms with van der Waals surface area (Å²) < 4.78 is 13.4. The van der Waals surface area contributed by atoms with E-state index >= 15 is 0 Å². The Morgan fingerprint density at radius 3 is 2.58 bits per heavy atom. The molecule has 1 aliphatic heterocycles. The number of carbonyl (C=O) groups is 1. The largest absolute Gasteiger partial charge is 0.394 e. The van der Waals surface area contributed by atoms with E-state index in [1.54, 1.807) is 13.8 Å². The third-order valence-corrected chi connectivity index (χ3v) is 3.52. The molecule has 0 bridgehead atoms. The highest BCUT2D eigenvalue weighted by Gasteiger charge is 2.36. The summed E-state index contributed by atoms with van der Waals surface area (Å²) in [6, 6.07) is -0.467. The average Bonchev–Trinajstić information content (AvgIpc) is 2.74. The molecule has 0 unspecified atom stereocenters. The van der Waals surface area contributed by atoms with Crippen LogP contribution in [0.4, 0.5) is 4.39 Å². The van der Waals surface area contributed by atoms with Crippen LogP contribution in [0, 0.1) is 20.8 Å². The van der Waals surface area contributed by atoms with Crippen LogP contribution in [0.3, 0.4) is 0 Å². The van der Waals surface area contributed by atoms with Crippen LogP contribution in [0.5, 0.6) is 0 Å². The third kappa shape index (κ3) is 2.58. The van der Waals surface area contributed by atoms with Gasteiger partial charge in [0.1, 0.15) is 11.9 Å². The van der Waals surface area contributed by atoms with E-state index in [9.17, 15) is 14.3 Å². The number of carbonyl (C=O) groups excluding carboxylic acids is 1. The Kier molecular flexibility index (Phi) is 3.80.